The molecule has 3 aromatic rings. The first-order chi connectivity index (χ1) is 10.3. The van der Waals surface area contributed by atoms with E-state index in [2.05, 4.69) is 29.1 Å². The summed E-state index contributed by atoms with van der Waals surface area (Å²) in [4.78, 5) is 4.50. The predicted octanol–water partition coefficient (Wildman–Crippen LogP) is 3.11. The zero-order chi connectivity index (χ0) is 14.7. The number of rotatable bonds is 5. The maximum Gasteiger partial charge on any atom is 0.158 e. The molecule has 0 aliphatic rings. The Bertz CT molecular complexity index is 715. The van der Waals surface area contributed by atoms with Gasteiger partial charge in [0.25, 0.3) is 0 Å². The lowest BCUT2D eigenvalue weighted by Gasteiger charge is -1.99. The fraction of sp³-hybridized carbons (Fsp3) is 0.312. The Morgan fingerprint density at radius 2 is 1.90 bits per heavy atom. The summed E-state index contributed by atoms with van der Waals surface area (Å²) >= 11 is 0. The van der Waals surface area contributed by atoms with Crippen molar-refractivity contribution < 1.29 is 4.52 Å². The molecular formula is C16H18N4O. The Labute approximate surface area is 123 Å². The highest BCUT2D eigenvalue weighted by molar-refractivity contribution is 5.58. The lowest BCUT2D eigenvalue weighted by molar-refractivity contribution is 0.371. The van der Waals surface area contributed by atoms with Crippen LogP contribution in [0.2, 0.25) is 0 Å². The van der Waals surface area contributed by atoms with Crippen molar-refractivity contribution in [3.63, 3.8) is 0 Å². The van der Waals surface area contributed by atoms with E-state index in [-0.39, 0.29) is 0 Å². The second-order valence-corrected chi connectivity index (χ2v) is 4.85. The number of hydrogen-bond acceptors (Lipinski definition) is 4. The number of benzene rings is 1. The van der Waals surface area contributed by atoms with E-state index in [4.69, 9.17) is 4.52 Å². The molecular weight excluding hydrogens is 264 g/mol. The highest BCUT2D eigenvalue weighted by Gasteiger charge is 2.11. The molecule has 0 bridgehead atoms. The zero-order valence-electron chi connectivity index (χ0n) is 12.3. The van der Waals surface area contributed by atoms with E-state index in [1.165, 1.54) is 0 Å². The van der Waals surface area contributed by atoms with Crippen LogP contribution in [0.1, 0.15) is 31.3 Å². The van der Waals surface area contributed by atoms with Crippen LogP contribution >= 0.6 is 0 Å². The minimum atomic E-state index is 0.565. The van der Waals surface area contributed by atoms with Gasteiger partial charge >= 0.3 is 0 Å². The van der Waals surface area contributed by atoms with Crippen molar-refractivity contribution in [1.82, 2.24) is 19.9 Å². The first kappa shape index (κ1) is 13.5. The summed E-state index contributed by atoms with van der Waals surface area (Å²) in [6.07, 6.45) is 1.69. The van der Waals surface area contributed by atoms with Gasteiger partial charge in [-0.05, 0) is 0 Å². The molecule has 0 aliphatic carbocycles. The van der Waals surface area contributed by atoms with Crippen molar-refractivity contribution in [3.05, 3.63) is 53.8 Å². The van der Waals surface area contributed by atoms with Crippen LogP contribution in [0.15, 0.2) is 40.9 Å². The van der Waals surface area contributed by atoms with Gasteiger partial charge in [0.15, 0.2) is 11.6 Å². The summed E-state index contributed by atoms with van der Waals surface area (Å²) < 4.78 is 7.32. The Hall–Kier alpha value is -2.43. The maximum absolute atomic E-state index is 5.43. The molecule has 2 aromatic heterocycles. The monoisotopic (exact) mass is 282 g/mol. The van der Waals surface area contributed by atoms with Crippen molar-refractivity contribution in [3.8, 4) is 11.3 Å². The molecule has 0 aliphatic heterocycles. The largest absolute Gasteiger partial charge is 0.359 e. The Balaban J connectivity index is 1.83. The van der Waals surface area contributed by atoms with Crippen molar-refractivity contribution in [2.75, 3.05) is 0 Å². The minimum absolute atomic E-state index is 0.565. The summed E-state index contributed by atoms with van der Waals surface area (Å²) in [6, 6.07) is 12.0. The average molecular weight is 282 g/mol. The van der Waals surface area contributed by atoms with Gasteiger partial charge in [-0.15, -0.1) is 0 Å². The zero-order valence-corrected chi connectivity index (χ0v) is 12.3. The molecule has 0 saturated carbocycles. The number of aryl methyl sites for hydroxylation is 2. The van der Waals surface area contributed by atoms with E-state index < -0.39 is 0 Å². The van der Waals surface area contributed by atoms with Gasteiger partial charge in [-0.3, -0.25) is 0 Å². The fourth-order valence-corrected chi connectivity index (χ4v) is 2.24. The van der Waals surface area contributed by atoms with Gasteiger partial charge in [0.1, 0.15) is 18.1 Å². The second kappa shape index (κ2) is 5.91. The highest BCUT2D eigenvalue weighted by Crippen LogP contribution is 2.19. The summed E-state index contributed by atoms with van der Waals surface area (Å²) in [7, 11) is 0. The molecule has 0 spiro atoms. The lowest BCUT2D eigenvalue weighted by atomic mass is 10.1. The third-order valence-corrected chi connectivity index (χ3v) is 3.36. The molecule has 1 aromatic carbocycles. The van der Waals surface area contributed by atoms with Gasteiger partial charge in [0, 0.05) is 24.5 Å². The van der Waals surface area contributed by atoms with Crippen LogP contribution in [0, 0.1) is 0 Å². The smallest absolute Gasteiger partial charge is 0.158 e. The van der Waals surface area contributed by atoms with Crippen LogP contribution in [0.5, 0.6) is 0 Å². The number of hydrogen-bond donors (Lipinski definition) is 0. The molecule has 3 rings (SSSR count). The summed E-state index contributed by atoms with van der Waals surface area (Å²) in [6.45, 7) is 4.70. The van der Waals surface area contributed by atoms with Gasteiger partial charge in [-0.1, -0.05) is 49.3 Å². The SMILES string of the molecule is CCc1nc(CC)n(Cc2cc(-c3ccccc3)no2)n1. The second-order valence-electron chi connectivity index (χ2n) is 4.85. The van der Waals surface area contributed by atoms with Crippen LogP contribution in [0.4, 0.5) is 0 Å². The van der Waals surface area contributed by atoms with Crippen LogP contribution in [0.3, 0.4) is 0 Å². The quantitative estimate of drug-likeness (QED) is 0.721. The maximum atomic E-state index is 5.43. The number of aromatic nitrogens is 4. The Kier molecular flexibility index (Phi) is 3.81. The Morgan fingerprint density at radius 1 is 1.10 bits per heavy atom. The lowest BCUT2D eigenvalue weighted by Crippen LogP contribution is -2.05. The van der Waals surface area contributed by atoms with Crippen molar-refractivity contribution in [2.24, 2.45) is 0 Å². The van der Waals surface area contributed by atoms with Gasteiger partial charge in [-0.25, -0.2) is 9.67 Å². The van der Waals surface area contributed by atoms with Gasteiger partial charge in [0.2, 0.25) is 0 Å². The van der Waals surface area contributed by atoms with Crippen molar-refractivity contribution in [2.45, 2.75) is 33.2 Å². The van der Waals surface area contributed by atoms with Crippen molar-refractivity contribution >= 4 is 0 Å². The molecule has 5 nitrogen and oxygen atoms in total. The molecule has 0 unspecified atom stereocenters. The van der Waals surface area contributed by atoms with Crippen LogP contribution < -0.4 is 0 Å². The Morgan fingerprint density at radius 3 is 2.62 bits per heavy atom. The topological polar surface area (TPSA) is 56.7 Å². The molecule has 2 heterocycles. The molecule has 0 N–H and O–H groups in total. The molecule has 0 atom stereocenters. The summed E-state index contributed by atoms with van der Waals surface area (Å²) in [5, 5.41) is 8.62. The fourth-order valence-electron chi connectivity index (χ4n) is 2.24. The van der Waals surface area contributed by atoms with Crippen LogP contribution in [-0.4, -0.2) is 19.9 Å². The van der Waals surface area contributed by atoms with E-state index in [1.807, 2.05) is 41.1 Å². The molecule has 21 heavy (non-hydrogen) atoms. The standard InChI is InChI=1S/C16H18N4O/c1-3-15-17-16(4-2)20(18-15)11-13-10-14(19-21-13)12-8-6-5-7-9-12/h5-10H,3-4,11H2,1-2H3. The minimum Gasteiger partial charge on any atom is -0.359 e. The van der Waals surface area contributed by atoms with Crippen molar-refractivity contribution in [1.29, 1.82) is 0 Å². The normalized spacial score (nSPS) is 11.0. The first-order valence-electron chi connectivity index (χ1n) is 7.23. The first-order valence-corrected chi connectivity index (χ1v) is 7.23. The third kappa shape index (κ3) is 2.86. The summed E-state index contributed by atoms with van der Waals surface area (Å²) in [5.74, 6) is 2.63. The van der Waals surface area contributed by atoms with E-state index in [9.17, 15) is 0 Å². The molecule has 0 fully saturated rings. The number of nitrogens with zero attached hydrogens (tertiary/aromatic N) is 4. The summed E-state index contributed by atoms with van der Waals surface area (Å²) in [5.41, 5.74) is 1.90. The van der Waals surface area contributed by atoms with E-state index in [1.54, 1.807) is 0 Å². The van der Waals surface area contributed by atoms with E-state index in [0.717, 1.165) is 41.5 Å². The van der Waals surface area contributed by atoms with Gasteiger partial charge in [0.05, 0.1) is 0 Å². The van der Waals surface area contributed by atoms with E-state index in [0.29, 0.717) is 6.54 Å². The van der Waals surface area contributed by atoms with Gasteiger partial charge < -0.3 is 4.52 Å². The predicted molar refractivity (Wildman–Crippen MR) is 79.8 cm³/mol. The molecule has 0 radical (unpaired) electrons. The van der Waals surface area contributed by atoms with Crippen LogP contribution in [0.25, 0.3) is 11.3 Å². The third-order valence-electron chi connectivity index (χ3n) is 3.36. The molecule has 0 amide bonds. The van der Waals surface area contributed by atoms with Gasteiger partial charge in [-0.2, -0.15) is 5.10 Å². The van der Waals surface area contributed by atoms with E-state index >= 15 is 0 Å². The average Bonchev–Trinajstić information content (AvgIpc) is 3.15. The molecule has 0 saturated heterocycles. The highest BCUT2D eigenvalue weighted by atomic mass is 16.5. The molecule has 5 heteroatoms. The molecule has 108 valence electrons. The van der Waals surface area contributed by atoms with Crippen LogP contribution in [-0.2, 0) is 19.4 Å².